The van der Waals surface area contributed by atoms with Crippen molar-refractivity contribution in [3.05, 3.63) is 34.3 Å². The van der Waals surface area contributed by atoms with E-state index in [1.807, 2.05) is 0 Å². The summed E-state index contributed by atoms with van der Waals surface area (Å²) in [4.78, 5) is 0. The highest BCUT2D eigenvalue weighted by Crippen LogP contribution is 2.22. The van der Waals surface area contributed by atoms with Crippen molar-refractivity contribution in [1.82, 2.24) is 5.32 Å². The average molecular weight is 354 g/mol. The Bertz CT molecular complexity index is 364. The molecule has 21 heavy (non-hydrogen) atoms. The van der Waals surface area contributed by atoms with Gasteiger partial charge in [0.2, 0.25) is 0 Å². The van der Waals surface area contributed by atoms with Gasteiger partial charge in [-0.05, 0) is 49.9 Å². The van der Waals surface area contributed by atoms with Crippen LogP contribution in [0.25, 0.3) is 0 Å². The van der Waals surface area contributed by atoms with Crippen molar-refractivity contribution in [2.45, 2.75) is 65.2 Å². The molecule has 1 aromatic rings. The Labute approximate surface area is 140 Å². The predicted octanol–water partition coefficient (Wildman–Crippen LogP) is 5.97. The summed E-state index contributed by atoms with van der Waals surface area (Å²) in [5.74, 6) is 0.761. The molecule has 0 aliphatic carbocycles. The van der Waals surface area contributed by atoms with Gasteiger partial charge >= 0.3 is 0 Å². The van der Waals surface area contributed by atoms with Crippen molar-refractivity contribution in [2.75, 3.05) is 13.1 Å². The molecule has 0 aliphatic rings. The quantitative estimate of drug-likeness (QED) is 0.456. The molecule has 1 N–H and O–H groups in total. The van der Waals surface area contributed by atoms with Crippen LogP contribution in [0.1, 0.15) is 64.4 Å². The van der Waals surface area contributed by atoms with E-state index in [4.69, 9.17) is 0 Å². The molecule has 0 amide bonds. The molecule has 1 atom stereocenters. The molecule has 0 saturated carbocycles. The first-order valence-electron chi connectivity index (χ1n) is 8.72. The molecule has 0 aliphatic heterocycles. The number of benzene rings is 1. The molecule has 120 valence electrons. The number of nitrogens with one attached hydrogen (secondary N) is 1. The van der Waals surface area contributed by atoms with Gasteiger partial charge in [0, 0.05) is 4.47 Å². The fraction of sp³-hybridized carbons (Fsp3) is 0.684. The summed E-state index contributed by atoms with van der Waals surface area (Å²) < 4.78 is 1.26. The van der Waals surface area contributed by atoms with Gasteiger partial charge in [0.15, 0.2) is 0 Å². The van der Waals surface area contributed by atoms with Crippen molar-refractivity contribution >= 4 is 15.9 Å². The van der Waals surface area contributed by atoms with E-state index < -0.39 is 0 Å². The maximum Gasteiger partial charge on any atom is 0.0207 e. The lowest BCUT2D eigenvalue weighted by Gasteiger charge is -2.18. The van der Waals surface area contributed by atoms with Crippen LogP contribution in [0.5, 0.6) is 0 Å². The van der Waals surface area contributed by atoms with Crippen molar-refractivity contribution in [3.8, 4) is 0 Å². The SMILES string of the molecule is CCCCCCCC(CNCCC)Cc1ccccc1Br. The van der Waals surface area contributed by atoms with Crippen LogP contribution in [0.15, 0.2) is 28.7 Å². The maximum absolute atomic E-state index is 3.69. The summed E-state index contributed by atoms with van der Waals surface area (Å²) >= 11 is 3.69. The lowest BCUT2D eigenvalue weighted by Crippen LogP contribution is -2.25. The zero-order valence-electron chi connectivity index (χ0n) is 13.8. The maximum atomic E-state index is 3.69. The number of halogens is 1. The number of rotatable bonds is 12. The number of hydrogen-bond acceptors (Lipinski definition) is 1. The lowest BCUT2D eigenvalue weighted by atomic mass is 9.93. The van der Waals surface area contributed by atoms with Gasteiger partial charge in [-0.2, -0.15) is 0 Å². The monoisotopic (exact) mass is 353 g/mol. The van der Waals surface area contributed by atoms with Crippen LogP contribution in [0.3, 0.4) is 0 Å². The molecule has 1 rings (SSSR count). The van der Waals surface area contributed by atoms with Gasteiger partial charge in [0.05, 0.1) is 0 Å². The molecule has 0 heterocycles. The van der Waals surface area contributed by atoms with Crippen LogP contribution in [-0.2, 0) is 6.42 Å². The highest BCUT2D eigenvalue weighted by molar-refractivity contribution is 9.10. The fourth-order valence-electron chi connectivity index (χ4n) is 2.77. The molecular formula is C19H32BrN. The molecule has 1 nitrogen and oxygen atoms in total. The minimum Gasteiger partial charge on any atom is -0.316 e. The zero-order chi connectivity index (χ0) is 15.3. The van der Waals surface area contributed by atoms with Gasteiger partial charge in [0.1, 0.15) is 0 Å². The van der Waals surface area contributed by atoms with E-state index in [2.05, 4.69) is 59.4 Å². The van der Waals surface area contributed by atoms with Crippen LogP contribution < -0.4 is 5.32 Å². The second kappa shape index (κ2) is 12.2. The van der Waals surface area contributed by atoms with Gasteiger partial charge in [-0.15, -0.1) is 0 Å². The normalized spacial score (nSPS) is 12.5. The van der Waals surface area contributed by atoms with Crippen LogP contribution in [-0.4, -0.2) is 13.1 Å². The molecule has 0 spiro atoms. The first-order chi connectivity index (χ1) is 10.3. The third-order valence-corrected chi connectivity index (χ3v) is 4.82. The summed E-state index contributed by atoms with van der Waals surface area (Å²) in [5.41, 5.74) is 1.45. The molecule has 1 unspecified atom stereocenters. The fourth-order valence-corrected chi connectivity index (χ4v) is 3.22. The zero-order valence-corrected chi connectivity index (χ0v) is 15.4. The standard InChI is InChI=1S/C19H32BrN/c1-3-5-6-7-8-11-17(16-21-14-4-2)15-18-12-9-10-13-19(18)20/h9-10,12-13,17,21H,3-8,11,14-16H2,1-2H3. The highest BCUT2D eigenvalue weighted by atomic mass is 79.9. The Kier molecular flexibility index (Phi) is 10.9. The third-order valence-electron chi connectivity index (χ3n) is 4.04. The van der Waals surface area contributed by atoms with Crippen molar-refractivity contribution in [2.24, 2.45) is 5.92 Å². The van der Waals surface area contributed by atoms with E-state index in [9.17, 15) is 0 Å². The first-order valence-corrected chi connectivity index (χ1v) is 9.51. The molecule has 0 bridgehead atoms. The Morgan fingerprint density at radius 3 is 2.48 bits per heavy atom. The molecule has 0 saturated heterocycles. The molecule has 0 fully saturated rings. The topological polar surface area (TPSA) is 12.0 Å². The second-order valence-corrected chi connectivity index (χ2v) is 6.92. The lowest BCUT2D eigenvalue weighted by molar-refractivity contribution is 0.420. The van der Waals surface area contributed by atoms with E-state index >= 15 is 0 Å². The summed E-state index contributed by atoms with van der Waals surface area (Å²) in [5, 5.41) is 3.61. The van der Waals surface area contributed by atoms with Gasteiger partial charge in [0.25, 0.3) is 0 Å². The molecule has 0 aromatic heterocycles. The van der Waals surface area contributed by atoms with E-state index in [1.54, 1.807) is 0 Å². The summed E-state index contributed by atoms with van der Waals surface area (Å²) in [6, 6.07) is 8.67. The largest absolute Gasteiger partial charge is 0.316 e. The smallest absolute Gasteiger partial charge is 0.0207 e. The minimum atomic E-state index is 0.761. The summed E-state index contributed by atoms with van der Waals surface area (Å²) in [6.07, 6.45) is 10.7. The van der Waals surface area contributed by atoms with Crippen molar-refractivity contribution in [3.63, 3.8) is 0 Å². The van der Waals surface area contributed by atoms with Crippen molar-refractivity contribution in [1.29, 1.82) is 0 Å². The van der Waals surface area contributed by atoms with E-state index in [0.29, 0.717) is 0 Å². The Hall–Kier alpha value is -0.340. The van der Waals surface area contributed by atoms with Crippen LogP contribution in [0.2, 0.25) is 0 Å². The van der Waals surface area contributed by atoms with Gasteiger partial charge in [-0.1, -0.05) is 80.1 Å². The number of hydrogen-bond donors (Lipinski definition) is 1. The second-order valence-electron chi connectivity index (χ2n) is 6.07. The van der Waals surface area contributed by atoms with Gasteiger partial charge < -0.3 is 5.32 Å². The molecule has 1 aromatic carbocycles. The molecule has 2 heteroatoms. The molecular weight excluding hydrogens is 322 g/mol. The number of unbranched alkanes of at least 4 members (excludes halogenated alkanes) is 4. The van der Waals surface area contributed by atoms with Crippen molar-refractivity contribution < 1.29 is 0 Å². The van der Waals surface area contributed by atoms with Crippen LogP contribution in [0.4, 0.5) is 0 Å². The third kappa shape index (κ3) is 8.63. The Morgan fingerprint density at radius 1 is 1.00 bits per heavy atom. The van der Waals surface area contributed by atoms with E-state index in [1.165, 1.54) is 61.4 Å². The predicted molar refractivity (Wildman–Crippen MR) is 97.9 cm³/mol. The molecule has 0 radical (unpaired) electrons. The Balaban J connectivity index is 2.41. The van der Waals surface area contributed by atoms with Gasteiger partial charge in [-0.3, -0.25) is 0 Å². The van der Waals surface area contributed by atoms with E-state index in [0.717, 1.165) is 19.0 Å². The highest BCUT2D eigenvalue weighted by Gasteiger charge is 2.11. The average Bonchev–Trinajstić information content (AvgIpc) is 2.49. The summed E-state index contributed by atoms with van der Waals surface area (Å²) in [7, 11) is 0. The van der Waals surface area contributed by atoms with Gasteiger partial charge in [-0.25, -0.2) is 0 Å². The Morgan fingerprint density at radius 2 is 1.76 bits per heavy atom. The van der Waals surface area contributed by atoms with E-state index in [-0.39, 0.29) is 0 Å². The first kappa shape index (κ1) is 18.7. The summed E-state index contributed by atoms with van der Waals surface area (Å²) in [6.45, 7) is 6.82. The van der Waals surface area contributed by atoms with Crippen LogP contribution in [0, 0.1) is 5.92 Å². The minimum absolute atomic E-state index is 0.761. The van der Waals surface area contributed by atoms with Crippen LogP contribution >= 0.6 is 15.9 Å².